The van der Waals surface area contributed by atoms with Gasteiger partial charge >= 0.3 is 0 Å². The van der Waals surface area contributed by atoms with Gasteiger partial charge in [-0.3, -0.25) is 9.67 Å². The third-order valence-corrected chi connectivity index (χ3v) is 5.50. The predicted octanol–water partition coefficient (Wildman–Crippen LogP) is 3.00. The molecule has 1 aliphatic carbocycles. The molecule has 8 nitrogen and oxygen atoms in total. The average Bonchev–Trinajstić information content (AvgIpc) is 3.13. The van der Waals surface area contributed by atoms with Crippen LogP contribution in [0.3, 0.4) is 0 Å². The molecule has 0 radical (unpaired) electrons. The summed E-state index contributed by atoms with van der Waals surface area (Å²) < 4.78 is 9.67. The Balaban J connectivity index is 1.22. The first kappa shape index (κ1) is 18.6. The highest BCUT2D eigenvalue weighted by Gasteiger charge is 2.40. The van der Waals surface area contributed by atoms with Crippen LogP contribution in [-0.4, -0.2) is 42.5 Å². The van der Waals surface area contributed by atoms with Crippen molar-refractivity contribution in [3.63, 3.8) is 0 Å². The Morgan fingerprint density at radius 2 is 2.13 bits per heavy atom. The van der Waals surface area contributed by atoms with E-state index in [0.717, 1.165) is 36.5 Å². The van der Waals surface area contributed by atoms with Crippen LogP contribution >= 0.6 is 0 Å². The van der Waals surface area contributed by atoms with Gasteiger partial charge in [0.05, 0.1) is 19.0 Å². The Kier molecular flexibility index (Phi) is 4.82. The maximum Gasteiger partial charge on any atom is 0.219 e. The molecule has 8 heteroatoms. The molecule has 4 heterocycles. The van der Waals surface area contributed by atoms with Crippen LogP contribution in [0.1, 0.15) is 29.2 Å². The van der Waals surface area contributed by atoms with Crippen molar-refractivity contribution in [2.75, 3.05) is 18.5 Å². The van der Waals surface area contributed by atoms with Crippen LogP contribution in [0.2, 0.25) is 0 Å². The van der Waals surface area contributed by atoms with E-state index in [1.807, 2.05) is 42.5 Å². The zero-order chi connectivity index (χ0) is 20.5. The zero-order valence-electron chi connectivity index (χ0n) is 17.2. The van der Waals surface area contributed by atoms with E-state index in [0.29, 0.717) is 24.3 Å². The number of nitrogens with one attached hydrogen (secondary N) is 1. The topological polar surface area (TPSA) is 82.2 Å². The second-order valence-corrected chi connectivity index (χ2v) is 7.95. The number of rotatable bonds is 8. The molecule has 0 aromatic carbocycles. The van der Waals surface area contributed by atoms with E-state index >= 15 is 0 Å². The van der Waals surface area contributed by atoms with Crippen LogP contribution in [0.25, 0.3) is 5.65 Å². The van der Waals surface area contributed by atoms with E-state index in [2.05, 4.69) is 44.5 Å². The van der Waals surface area contributed by atoms with Gasteiger partial charge in [0.25, 0.3) is 0 Å². The Hall–Kier alpha value is -3.42. The Labute approximate surface area is 174 Å². The molecule has 1 saturated carbocycles. The molecule has 30 heavy (non-hydrogen) atoms. The highest BCUT2D eigenvalue weighted by Crippen LogP contribution is 2.46. The summed E-state index contributed by atoms with van der Waals surface area (Å²) in [6, 6.07) is 8.05. The lowest BCUT2D eigenvalue weighted by molar-refractivity contribution is 0.286. The maximum atomic E-state index is 6.06. The van der Waals surface area contributed by atoms with Gasteiger partial charge in [0, 0.05) is 55.6 Å². The quantitative estimate of drug-likeness (QED) is 0.487. The Morgan fingerprint density at radius 1 is 1.20 bits per heavy atom. The molecule has 0 unspecified atom stereocenters. The maximum absolute atomic E-state index is 6.06. The van der Waals surface area contributed by atoms with E-state index in [1.165, 1.54) is 11.1 Å². The number of hydrogen-bond donors (Lipinski definition) is 1. The van der Waals surface area contributed by atoms with E-state index < -0.39 is 0 Å². The van der Waals surface area contributed by atoms with Gasteiger partial charge in [0.1, 0.15) is 5.82 Å². The van der Waals surface area contributed by atoms with Crippen LogP contribution in [0.15, 0.2) is 49.1 Å². The number of hydrogen-bond acceptors (Lipinski definition) is 6. The molecule has 4 aromatic rings. The van der Waals surface area contributed by atoms with Gasteiger partial charge in [-0.05, 0) is 37.0 Å². The lowest BCUT2D eigenvalue weighted by Gasteiger charge is -2.11. The minimum absolute atomic E-state index is 0.487. The summed E-state index contributed by atoms with van der Waals surface area (Å²) in [7, 11) is 1.93. The summed E-state index contributed by atoms with van der Waals surface area (Å²) in [5, 5.41) is 12.0. The second kappa shape index (κ2) is 7.78. The van der Waals surface area contributed by atoms with Crippen molar-refractivity contribution >= 4 is 11.5 Å². The smallest absolute Gasteiger partial charge is 0.219 e. The van der Waals surface area contributed by atoms with Crippen molar-refractivity contribution in [2.45, 2.75) is 25.7 Å². The fraction of sp³-hybridized carbons (Fsp3) is 0.364. The van der Waals surface area contributed by atoms with Gasteiger partial charge in [-0.15, -0.1) is 0 Å². The number of anilines is 1. The zero-order valence-corrected chi connectivity index (χ0v) is 17.2. The number of aryl methyl sites for hydroxylation is 2. The number of ether oxygens (including phenoxy) is 1. The largest absolute Gasteiger partial charge is 0.477 e. The summed E-state index contributed by atoms with van der Waals surface area (Å²) in [6.45, 7) is 3.48. The molecule has 154 valence electrons. The van der Waals surface area contributed by atoms with Crippen molar-refractivity contribution in [2.24, 2.45) is 13.0 Å². The van der Waals surface area contributed by atoms with Crippen molar-refractivity contribution < 1.29 is 4.74 Å². The minimum atomic E-state index is 0.487. The highest BCUT2D eigenvalue weighted by molar-refractivity contribution is 5.50. The fourth-order valence-corrected chi connectivity index (χ4v) is 3.71. The summed E-state index contributed by atoms with van der Waals surface area (Å²) in [6.07, 6.45) is 9.59. The van der Waals surface area contributed by atoms with Gasteiger partial charge in [-0.25, -0.2) is 0 Å². The van der Waals surface area contributed by atoms with Gasteiger partial charge < -0.3 is 10.1 Å². The van der Waals surface area contributed by atoms with Crippen molar-refractivity contribution in [1.29, 1.82) is 0 Å². The molecule has 1 N–H and O–H groups in total. The van der Waals surface area contributed by atoms with Crippen LogP contribution in [0, 0.1) is 12.8 Å². The second-order valence-electron chi connectivity index (χ2n) is 7.95. The predicted molar refractivity (Wildman–Crippen MR) is 114 cm³/mol. The lowest BCUT2D eigenvalue weighted by atomic mass is 10.2. The highest BCUT2D eigenvalue weighted by atomic mass is 16.5. The molecule has 0 bridgehead atoms. The van der Waals surface area contributed by atoms with Crippen molar-refractivity contribution in [3.8, 4) is 5.88 Å². The lowest BCUT2D eigenvalue weighted by Crippen LogP contribution is -2.11. The molecule has 0 saturated heterocycles. The summed E-state index contributed by atoms with van der Waals surface area (Å²) >= 11 is 0. The summed E-state index contributed by atoms with van der Waals surface area (Å²) in [4.78, 5) is 9.14. The number of fused-ring (bicyclic) bond motifs is 1. The molecule has 2 atom stereocenters. The molecule has 5 rings (SSSR count). The molecular formula is C22H25N7O. The Morgan fingerprint density at radius 3 is 2.93 bits per heavy atom. The van der Waals surface area contributed by atoms with Gasteiger partial charge in [0.15, 0.2) is 5.65 Å². The van der Waals surface area contributed by atoms with Crippen molar-refractivity contribution in [3.05, 3.63) is 65.9 Å². The van der Waals surface area contributed by atoms with E-state index in [4.69, 9.17) is 4.74 Å². The molecule has 0 aliphatic heterocycles. The van der Waals surface area contributed by atoms with E-state index in [1.54, 1.807) is 10.7 Å². The molecule has 4 aromatic heterocycles. The van der Waals surface area contributed by atoms with Gasteiger partial charge in [-0.1, -0.05) is 6.07 Å². The fourth-order valence-electron chi connectivity index (χ4n) is 3.71. The molecule has 0 amide bonds. The van der Waals surface area contributed by atoms with Gasteiger partial charge in [0.2, 0.25) is 5.88 Å². The first-order valence-electron chi connectivity index (χ1n) is 10.3. The molecule has 1 aliphatic rings. The molecular weight excluding hydrogens is 378 g/mol. The summed E-state index contributed by atoms with van der Waals surface area (Å²) in [5.74, 6) is 2.47. The van der Waals surface area contributed by atoms with Gasteiger partial charge in [-0.2, -0.15) is 19.7 Å². The third-order valence-electron chi connectivity index (χ3n) is 5.50. The SMILES string of the molecule is Cc1ccc([C@@H]2C[C@H]2COc2cc(NCCc3cnn(C)c3)n3nccc3n2)nc1. The first-order valence-corrected chi connectivity index (χ1v) is 10.3. The van der Waals surface area contributed by atoms with Crippen LogP contribution in [0.5, 0.6) is 5.88 Å². The van der Waals surface area contributed by atoms with Crippen molar-refractivity contribution in [1.82, 2.24) is 29.4 Å². The van der Waals surface area contributed by atoms with Crippen LogP contribution < -0.4 is 10.1 Å². The van der Waals surface area contributed by atoms with Crippen LogP contribution in [-0.2, 0) is 13.5 Å². The number of nitrogens with zero attached hydrogens (tertiary/aromatic N) is 6. The molecule has 1 fully saturated rings. The van der Waals surface area contributed by atoms with E-state index in [9.17, 15) is 0 Å². The number of pyridine rings is 1. The number of aromatic nitrogens is 6. The average molecular weight is 403 g/mol. The Bertz CT molecular complexity index is 1150. The normalized spacial score (nSPS) is 17.9. The minimum Gasteiger partial charge on any atom is -0.477 e. The summed E-state index contributed by atoms with van der Waals surface area (Å²) in [5.41, 5.74) is 4.31. The van der Waals surface area contributed by atoms with E-state index in [-0.39, 0.29) is 0 Å². The van der Waals surface area contributed by atoms with Crippen LogP contribution in [0.4, 0.5) is 5.82 Å². The third kappa shape index (κ3) is 3.98. The standard InChI is InChI=1S/C22H25N7O/c1-15-3-4-19(24-11-15)18-9-17(18)14-30-22-10-21(29-20(27-22)6-8-25-29)23-7-5-16-12-26-28(2)13-16/h3-4,6,8,10-13,17-18,23H,5,7,9,14H2,1-2H3/t17-,18+/m0/s1. The monoisotopic (exact) mass is 403 g/mol. The molecule has 0 spiro atoms. The first-order chi connectivity index (χ1) is 14.7.